The summed E-state index contributed by atoms with van der Waals surface area (Å²) in [7, 11) is 3.35. The average Bonchev–Trinajstić information content (AvgIpc) is 2.64. The number of ether oxygens (including phenoxy) is 2. The average molecular weight is 406 g/mol. The summed E-state index contributed by atoms with van der Waals surface area (Å²) in [5.74, 6) is 1.54. The van der Waals surface area contributed by atoms with E-state index in [-0.39, 0.29) is 0 Å². The fourth-order valence-electron chi connectivity index (χ4n) is 3.20. The van der Waals surface area contributed by atoms with Gasteiger partial charge in [0.1, 0.15) is 5.75 Å². The molecule has 2 aromatic rings. The molecule has 1 fully saturated rings. The number of benzene rings is 1. The molecule has 25 heavy (non-hydrogen) atoms. The summed E-state index contributed by atoms with van der Waals surface area (Å²) in [5.41, 5.74) is 2.44. The maximum Gasteiger partial charge on any atom is 0.213 e. The molecule has 1 saturated heterocycles. The first-order chi connectivity index (χ1) is 12.1. The van der Waals surface area contributed by atoms with E-state index in [4.69, 9.17) is 9.47 Å². The predicted molar refractivity (Wildman–Crippen MR) is 104 cm³/mol. The van der Waals surface area contributed by atoms with Crippen molar-refractivity contribution in [3.63, 3.8) is 0 Å². The van der Waals surface area contributed by atoms with Gasteiger partial charge in [-0.1, -0.05) is 0 Å². The van der Waals surface area contributed by atoms with Crippen LogP contribution in [0.15, 0.2) is 41.0 Å². The summed E-state index contributed by atoms with van der Waals surface area (Å²) in [4.78, 5) is 9.10. The summed E-state index contributed by atoms with van der Waals surface area (Å²) in [5, 5.41) is 0. The van der Waals surface area contributed by atoms with E-state index in [2.05, 4.69) is 61.9 Å². The molecule has 1 aromatic carbocycles. The quantitative estimate of drug-likeness (QED) is 0.759. The second-order valence-electron chi connectivity index (χ2n) is 6.29. The number of aromatic nitrogens is 1. The molecule has 1 atom stereocenters. The van der Waals surface area contributed by atoms with E-state index in [0.717, 1.165) is 36.4 Å². The Labute approximate surface area is 157 Å². The standard InChI is InChI=1S/C19H24BrN3O2/c1-14-12-23(16-4-5-17(20)18(11-16)24-2)9-8-22(14)13-15-6-7-21-19(10-15)25-3/h4-7,10-11,14H,8-9,12-13H2,1-3H3. The van der Waals surface area contributed by atoms with Crippen LogP contribution < -0.4 is 14.4 Å². The topological polar surface area (TPSA) is 37.8 Å². The summed E-state index contributed by atoms with van der Waals surface area (Å²) in [6, 6.07) is 10.8. The third-order valence-electron chi connectivity index (χ3n) is 4.66. The first-order valence-corrected chi connectivity index (χ1v) is 9.21. The molecule has 0 N–H and O–H groups in total. The van der Waals surface area contributed by atoms with Crippen LogP contribution in [0.4, 0.5) is 5.69 Å². The molecule has 5 nitrogen and oxygen atoms in total. The monoisotopic (exact) mass is 405 g/mol. The molecule has 0 bridgehead atoms. The van der Waals surface area contributed by atoms with E-state index in [9.17, 15) is 0 Å². The number of pyridine rings is 1. The van der Waals surface area contributed by atoms with Crippen LogP contribution in [-0.4, -0.2) is 49.8 Å². The minimum atomic E-state index is 0.461. The predicted octanol–water partition coefficient (Wildman–Crippen LogP) is 3.57. The van der Waals surface area contributed by atoms with Crippen LogP contribution in [-0.2, 0) is 6.54 Å². The van der Waals surface area contributed by atoms with Crippen LogP contribution in [0.2, 0.25) is 0 Å². The van der Waals surface area contributed by atoms with Gasteiger partial charge in [-0.15, -0.1) is 0 Å². The number of anilines is 1. The van der Waals surface area contributed by atoms with Gasteiger partial charge in [-0.05, 0) is 46.6 Å². The number of halogens is 1. The first-order valence-electron chi connectivity index (χ1n) is 8.42. The summed E-state index contributed by atoms with van der Waals surface area (Å²) >= 11 is 3.52. The van der Waals surface area contributed by atoms with E-state index < -0.39 is 0 Å². The highest BCUT2D eigenvalue weighted by Crippen LogP contribution is 2.31. The number of hydrogen-bond donors (Lipinski definition) is 0. The van der Waals surface area contributed by atoms with Crippen molar-refractivity contribution >= 4 is 21.6 Å². The van der Waals surface area contributed by atoms with E-state index in [1.54, 1.807) is 14.2 Å². The van der Waals surface area contributed by atoms with Crippen LogP contribution in [0.1, 0.15) is 12.5 Å². The zero-order chi connectivity index (χ0) is 17.8. The van der Waals surface area contributed by atoms with Gasteiger partial charge >= 0.3 is 0 Å². The maximum absolute atomic E-state index is 5.42. The highest BCUT2D eigenvalue weighted by Gasteiger charge is 2.24. The van der Waals surface area contributed by atoms with E-state index in [1.807, 2.05) is 12.3 Å². The van der Waals surface area contributed by atoms with Crippen molar-refractivity contribution in [2.75, 3.05) is 38.8 Å². The number of hydrogen-bond acceptors (Lipinski definition) is 5. The number of nitrogens with zero attached hydrogens (tertiary/aromatic N) is 3. The molecule has 1 aromatic heterocycles. The van der Waals surface area contributed by atoms with Crippen LogP contribution >= 0.6 is 15.9 Å². The summed E-state index contributed by atoms with van der Waals surface area (Å²) in [6.45, 7) is 6.20. The second-order valence-corrected chi connectivity index (χ2v) is 7.15. The smallest absolute Gasteiger partial charge is 0.213 e. The fourth-order valence-corrected chi connectivity index (χ4v) is 3.61. The van der Waals surface area contributed by atoms with Gasteiger partial charge in [0.25, 0.3) is 0 Å². The zero-order valence-corrected chi connectivity index (χ0v) is 16.5. The molecule has 0 amide bonds. The molecule has 1 unspecified atom stereocenters. The Morgan fingerprint density at radius 3 is 2.72 bits per heavy atom. The molecule has 0 saturated carbocycles. The maximum atomic E-state index is 5.42. The molecule has 0 aliphatic carbocycles. The molecule has 0 spiro atoms. The van der Waals surface area contributed by atoms with Gasteiger partial charge < -0.3 is 14.4 Å². The Hall–Kier alpha value is -1.79. The zero-order valence-electron chi connectivity index (χ0n) is 14.9. The molecule has 134 valence electrons. The van der Waals surface area contributed by atoms with Crippen LogP contribution in [0.5, 0.6) is 11.6 Å². The summed E-state index contributed by atoms with van der Waals surface area (Å²) < 4.78 is 11.6. The molecular formula is C19H24BrN3O2. The van der Waals surface area contributed by atoms with Crippen molar-refractivity contribution in [3.05, 3.63) is 46.6 Å². The molecule has 0 radical (unpaired) electrons. The van der Waals surface area contributed by atoms with Crippen LogP contribution in [0.25, 0.3) is 0 Å². The van der Waals surface area contributed by atoms with E-state index >= 15 is 0 Å². The number of rotatable bonds is 5. The lowest BCUT2D eigenvalue weighted by Crippen LogP contribution is -2.51. The van der Waals surface area contributed by atoms with Gasteiger partial charge in [-0.25, -0.2) is 4.98 Å². The van der Waals surface area contributed by atoms with Gasteiger partial charge in [0.15, 0.2) is 0 Å². The molecule has 1 aliphatic heterocycles. The van der Waals surface area contributed by atoms with Gasteiger partial charge in [0, 0.05) is 56.2 Å². The lowest BCUT2D eigenvalue weighted by molar-refractivity contribution is 0.180. The van der Waals surface area contributed by atoms with Crippen LogP contribution in [0, 0.1) is 0 Å². The van der Waals surface area contributed by atoms with E-state index in [0.29, 0.717) is 11.9 Å². The van der Waals surface area contributed by atoms with Gasteiger partial charge in [-0.3, -0.25) is 4.90 Å². The molecular weight excluding hydrogens is 382 g/mol. The summed E-state index contributed by atoms with van der Waals surface area (Å²) in [6.07, 6.45) is 1.81. The normalized spacial score (nSPS) is 18.2. The molecule has 6 heteroatoms. The minimum absolute atomic E-state index is 0.461. The Bertz CT molecular complexity index is 726. The highest BCUT2D eigenvalue weighted by atomic mass is 79.9. The SMILES string of the molecule is COc1cc(CN2CCN(c3ccc(Br)c(OC)c3)CC2C)ccn1. The van der Waals surface area contributed by atoms with Crippen molar-refractivity contribution in [1.82, 2.24) is 9.88 Å². The third-order valence-corrected chi connectivity index (χ3v) is 5.31. The number of methoxy groups -OCH3 is 2. The Morgan fingerprint density at radius 2 is 2.00 bits per heavy atom. The lowest BCUT2D eigenvalue weighted by atomic mass is 10.1. The first kappa shape index (κ1) is 18.0. The van der Waals surface area contributed by atoms with Crippen molar-refractivity contribution in [2.45, 2.75) is 19.5 Å². The van der Waals surface area contributed by atoms with Crippen molar-refractivity contribution in [3.8, 4) is 11.6 Å². The Kier molecular flexibility index (Phi) is 5.81. The second kappa shape index (κ2) is 8.06. The molecule has 1 aliphatic rings. The Morgan fingerprint density at radius 1 is 1.16 bits per heavy atom. The van der Waals surface area contributed by atoms with Crippen molar-refractivity contribution in [1.29, 1.82) is 0 Å². The van der Waals surface area contributed by atoms with Gasteiger partial charge in [0.2, 0.25) is 5.88 Å². The van der Waals surface area contributed by atoms with Gasteiger partial charge in [-0.2, -0.15) is 0 Å². The minimum Gasteiger partial charge on any atom is -0.495 e. The largest absolute Gasteiger partial charge is 0.495 e. The number of piperazine rings is 1. The molecule has 2 heterocycles. The van der Waals surface area contributed by atoms with Gasteiger partial charge in [0.05, 0.1) is 18.7 Å². The van der Waals surface area contributed by atoms with Crippen molar-refractivity contribution in [2.24, 2.45) is 0 Å². The fraction of sp³-hybridized carbons (Fsp3) is 0.421. The molecule has 3 rings (SSSR count). The Balaban J connectivity index is 1.66. The third kappa shape index (κ3) is 4.25. The highest BCUT2D eigenvalue weighted by molar-refractivity contribution is 9.10. The van der Waals surface area contributed by atoms with E-state index in [1.165, 1.54) is 11.3 Å². The van der Waals surface area contributed by atoms with Crippen LogP contribution in [0.3, 0.4) is 0 Å². The van der Waals surface area contributed by atoms with Crippen molar-refractivity contribution < 1.29 is 9.47 Å². The lowest BCUT2D eigenvalue weighted by Gasteiger charge is -2.41.